The smallest absolute Gasteiger partial charge is 0.253 e. The minimum atomic E-state index is -0.116. The van der Waals surface area contributed by atoms with Gasteiger partial charge in [0.15, 0.2) is 11.5 Å². The number of carbonyl (C=O) groups excluding carboxylic acids is 2. The minimum absolute atomic E-state index is 0.00923. The third-order valence-corrected chi connectivity index (χ3v) is 7.00. The van der Waals surface area contributed by atoms with Crippen molar-refractivity contribution in [2.45, 2.75) is 51.0 Å². The highest BCUT2D eigenvalue weighted by Crippen LogP contribution is 2.33. The lowest BCUT2D eigenvalue weighted by Gasteiger charge is -2.33. The number of nitrogens with zero attached hydrogens (tertiary/aromatic N) is 1. The molecule has 0 radical (unpaired) electrons. The Balaban J connectivity index is 1.44. The first kappa shape index (κ1) is 25.0. The second-order valence-electron chi connectivity index (χ2n) is 9.31. The fourth-order valence-electron chi connectivity index (χ4n) is 5.05. The molecular formula is C28H37N3O4. The zero-order chi connectivity index (χ0) is 24.6. The van der Waals surface area contributed by atoms with Gasteiger partial charge in [0.2, 0.25) is 0 Å². The van der Waals surface area contributed by atoms with E-state index in [4.69, 9.17) is 9.47 Å². The second kappa shape index (κ2) is 12.1. The van der Waals surface area contributed by atoms with Gasteiger partial charge < -0.3 is 25.0 Å². The molecule has 0 aliphatic carbocycles. The Morgan fingerprint density at radius 1 is 1.00 bits per heavy atom. The molecule has 2 aliphatic heterocycles. The fraction of sp³-hybridized carbons (Fsp3) is 0.500. The highest BCUT2D eigenvalue weighted by molar-refractivity contribution is 5.98. The Kier molecular flexibility index (Phi) is 8.64. The number of methoxy groups -OCH3 is 1. The Bertz CT molecular complexity index is 1000. The van der Waals surface area contributed by atoms with Crippen LogP contribution in [0, 0.1) is 0 Å². The highest BCUT2D eigenvalue weighted by atomic mass is 16.5. The number of amides is 2. The van der Waals surface area contributed by atoms with Crippen molar-refractivity contribution in [1.82, 2.24) is 15.5 Å². The van der Waals surface area contributed by atoms with Gasteiger partial charge >= 0.3 is 0 Å². The molecular weight excluding hydrogens is 442 g/mol. The summed E-state index contributed by atoms with van der Waals surface area (Å²) in [5.74, 6) is 1.47. The van der Waals surface area contributed by atoms with Crippen LogP contribution in [0.25, 0.3) is 0 Å². The van der Waals surface area contributed by atoms with E-state index in [1.165, 1.54) is 12.8 Å². The summed E-state index contributed by atoms with van der Waals surface area (Å²) in [5.41, 5.74) is 2.31. The van der Waals surface area contributed by atoms with Gasteiger partial charge in [0.25, 0.3) is 11.8 Å². The van der Waals surface area contributed by atoms with Crippen molar-refractivity contribution in [2.75, 3.05) is 39.9 Å². The SMILES string of the molecule is CCOc1cc(C2CNCCC2NC(=O)c2ccc(C(=O)N3CCCCCC3)cc2)ccc1OC. The van der Waals surface area contributed by atoms with E-state index in [9.17, 15) is 9.59 Å². The zero-order valence-corrected chi connectivity index (χ0v) is 20.8. The van der Waals surface area contributed by atoms with Crippen LogP contribution in [0.5, 0.6) is 11.5 Å². The summed E-state index contributed by atoms with van der Waals surface area (Å²) in [6, 6.07) is 13.1. The number of carbonyl (C=O) groups is 2. The molecule has 2 atom stereocenters. The Labute approximate surface area is 208 Å². The van der Waals surface area contributed by atoms with E-state index in [-0.39, 0.29) is 23.8 Å². The third kappa shape index (κ3) is 6.14. The molecule has 4 rings (SSSR count). The molecule has 188 valence electrons. The van der Waals surface area contributed by atoms with Crippen LogP contribution in [0.2, 0.25) is 0 Å². The summed E-state index contributed by atoms with van der Waals surface area (Å²) in [7, 11) is 1.63. The standard InChI is InChI=1S/C28H37N3O4/c1-3-35-26-18-22(12-13-25(26)34-2)23-19-29-15-14-24(23)30-27(32)20-8-10-21(11-9-20)28(33)31-16-6-4-5-7-17-31/h8-13,18,23-24,29H,3-7,14-17,19H2,1-2H3,(H,30,32). The van der Waals surface area contributed by atoms with Crippen molar-refractivity contribution in [2.24, 2.45) is 0 Å². The summed E-state index contributed by atoms with van der Waals surface area (Å²) < 4.78 is 11.2. The van der Waals surface area contributed by atoms with Crippen LogP contribution in [0.1, 0.15) is 71.2 Å². The van der Waals surface area contributed by atoms with Gasteiger partial charge in [-0.25, -0.2) is 0 Å². The van der Waals surface area contributed by atoms with Gasteiger partial charge in [-0.1, -0.05) is 18.9 Å². The Morgan fingerprint density at radius 3 is 2.40 bits per heavy atom. The average Bonchev–Trinajstić information content (AvgIpc) is 3.18. The molecule has 2 aromatic rings. The van der Waals surface area contributed by atoms with Crippen LogP contribution < -0.4 is 20.1 Å². The van der Waals surface area contributed by atoms with Gasteiger partial charge in [-0.3, -0.25) is 9.59 Å². The first-order valence-corrected chi connectivity index (χ1v) is 12.8. The zero-order valence-electron chi connectivity index (χ0n) is 20.8. The lowest BCUT2D eigenvalue weighted by molar-refractivity contribution is 0.0760. The maximum atomic E-state index is 13.1. The van der Waals surface area contributed by atoms with Crippen molar-refractivity contribution in [3.05, 3.63) is 59.2 Å². The first-order valence-electron chi connectivity index (χ1n) is 12.8. The highest BCUT2D eigenvalue weighted by Gasteiger charge is 2.29. The summed E-state index contributed by atoms with van der Waals surface area (Å²) in [6.07, 6.45) is 5.32. The quantitative estimate of drug-likeness (QED) is 0.628. The normalized spacial score (nSPS) is 20.6. The molecule has 7 heteroatoms. The van der Waals surface area contributed by atoms with Gasteiger partial charge in [-0.2, -0.15) is 0 Å². The molecule has 0 bridgehead atoms. The van der Waals surface area contributed by atoms with Crippen LogP contribution >= 0.6 is 0 Å². The summed E-state index contributed by atoms with van der Waals surface area (Å²) in [6.45, 7) is 5.75. The van der Waals surface area contributed by atoms with Gasteiger partial charge in [0.05, 0.1) is 13.7 Å². The molecule has 2 aromatic carbocycles. The largest absolute Gasteiger partial charge is 0.493 e. The molecule has 0 aromatic heterocycles. The predicted octanol–water partition coefficient (Wildman–Crippen LogP) is 3.99. The Hall–Kier alpha value is -3.06. The van der Waals surface area contributed by atoms with E-state index in [1.54, 1.807) is 31.4 Å². The number of hydrogen-bond acceptors (Lipinski definition) is 5. The number of hydrogen-bond donors (Lipinski definition) is 2. The van der Waals surface area contributed by atoms with Crippen LogP contribution in [0.15, 0.2) is 42.5 Å². The average molecular weight is 480 g/mol. The summed E-state index contributed by atoms with van der Waals surface area (Å²) in [5, 5.41) is 6.68. The van der Waals surface area contributed by atoms with Crippen LogP contribution in [-0.2, 0) is 0 Å². The number of likely N-dealkylation sites (tertiary alicyclic amines) is 1. The first-order chi connectivity index (χ1) is 17.1. The molecule has 2 amide bonds. The number of piperidine rings is 1. The topological polar surface area (TPSA) is 79.9 Å². The molecule has 2 heterocycles. The fourth-order valence-corrected chi connectivity index (χ4v) is 5.05. The van der Waals surface area contributed by atoms with Gasteiger partial charge in [0, 0.05) is 42.7 Å². The molecule has 2 fully saturated rings. The van der Waals surface area contributed by atoms with E-state index >= 15 is 0 Å². The third-order valence-electron chi connectivity index (χ3n) is 7.00. The number of rotatable bonds is 7. The molecule has 35 heavy (non-hydrogen) atoms. The molecule has 2 saturated heterocycles. The lowest BCUT2D eigenvalue weighted by atomic mass is 9.86. The summed E-state index contributed by atoms with van der Waals surface area (Å²) in [4.78, 5) is 27.9. The maximum absolute atomic E-state index is 13.1. The van der Waals surface area contributed by atoms with E-state index in [2.05, 4.69) is 10.6 Å². The number of benzene rings is 2. The van der Waals surface area contributed by atoms with Gasteiger partial charge in [-0.15, -0.1) is 0 Å². The molecule has 2 unspecified atom stereocenters. The molecule has 2 N–H and O–H groups in total. The molecule has 2 aliphatic rings. The van der Waals surface area contributed by atoms with Crippen LogP contribution in [0.3, 0.4) is 0 Å². The molecule has 0 spiro atoms. The predicted molar refractivity (Wildman–Crippen MR) is 136 cm³/mol. The number of ether oxygens (including phenoxy) is 2. The minimum Gasteiger partial charge on any atom is -0.493 e. The van der Waals surface area contributed by atoms with Gasteiger partial charge in [-0.05, 0) is 74.7 Å². The molecule has 0 saturated carbocycles. The molecule has 7 nitrogen and oxygen atoms in total. The second-order valence-corrected chi connectivity index (χ2v) is 9.31. The number of nitrogens with one attached hydrogen (secondary N) is 2. The van der Waals surface area contributed by atoms with Crippen molar-refractivity contribution in [3.8, 4) is 11.5 Å². The monoisotopic (exact) mass is 479 g/mol. The van der Waals surface area contributed by atoms with E-state index in [0.717, 1.165) is 51.0 Å². The van der Waals surface area contributed by atoms with Crippen LogP contribution in [-0.4, -0.2) is 62.7 Å². The van der Waals surface area contributed by atoms with E-state index in [1.807, 2.05) is 30.0 Å². The van der Waals surface area contributed by atoms with E-state index in [0.29, 0.717) is 29.2 Å². The van der Waals surface area contributed by atoms with E-state index < -0.39 is 0 Å². The van der Waals surface area contributed by atoms with Crippen molar-refractivity contribution < 1.29 is 19.1 Å². The van der Waals surface area contributed by atoms with Crippen molar-refractivity contribution in [1.29, 1.82) is 0 Å². The van der Waals surface area contributed by atoms with Gasteiger partial charge in [0.1, 0.15) is 0 Å². The van der Waals surface area contributed by atoms with Crippen molar-refractivity contribution in [3.63, 3.8) is 0 Å². The van der Waals surface area contributed by atoms with Crippen LogP contribution in [0.4, 0.5) is 0 Å². The Morgan fingerprint density at radius 2 is 1.71 bits per heavy atom. The van der Waals surface area contributed by atoms with Crippen molar-refractivity contribution >= 4 is 11.8 Å². The maximum Gasteiger partial charge on any atom is 0.253 e. The summed E-state index contributed by atoms with van der Waals surface area (Å²) >= 11 is 0. The lowest BCUT2D eigenvalue weighted by Crippen LogP contribution is -2.48.